The fourth-order valence-corrected chi connectivity index (χ4v) is 2.78. The summed E-state index contributed by atoms with van der Waals surface area (Å²) in [5, 5.41) is 6.66. The average molecular weight is 343 g/mol. The van der Waals surface area contributed by atoms with E-state index in [1.165, 1.54) is 6.08 Å². The van der Waals surface area contributed by atoms with Crippen molar-refractivity contribution in [2.24, 2.45) is 0 Å². The first-order valence-electron chi connectivity index (χ1n) is 7.88. The molecule has 0 spiro atoms. The van der Waals surface area contributed by atoms with E-state index in [4.69, 9.17) is 11.6 Å². The van der Waals surface area contributed by atoms with Gasteiger partial charge in [-0.1, -0.05) is 23.7 Å². The van der Waals surface area contributed by atoms with E-state index in [0.717, 1.165) is 37.4 Å². The van der Waals surface area contributed by atoms with E-state index >= 15 is 0 Å². The third-order valence-electron chi connectivity index (χ3n) is 3.80. The second-order valence-corrected chi connectivity index (χ2v) is 5.89. The van der Waals surface area contributed by atoms with E-state index in [2.05, 4.69) is 20.5 Å². The molecule has 5 nitrogen and oxygen atoms in total. The van der Waals surface area contributed by atoms with Crippen LogP contribution in [0.15, 0.2) is 48.7 Å². The van der Waals surface area contributed by atoms with E-state index in [9.17, 15) is 4.79 Å². The van der Waals surface area contributed by atoms with Crippen LogP contribution >= 0.6 is 11.6 Å². The molecule has 1 aliphatic heterocycles. The van der Waals surface area contributed by atoms with Crippen molar-refractivity contribution in [3.05, 3.63) is 59.3 Å². The molecule has 1 aliphatic rings. The highest BCUT2D eigenvalue weighted by Gasteiger charge is 2.11. The molecule has 0 saturated carbocycles. The summed E-state index contributed by atoms with van der Waals surface area (Å²) in [6, 6.07) is 11.3. The number of aromatic nitrogens is 1. The minimum absolute atomic E-state index is 0.240. The lowest BCUT2D eigenvalue weighted by molar-refractivity contribution is -0.111. The van der Waals surface area contributed by atoms with Crippen LogP contribution in [0.2, 0.25) is 5.02 Å². The second-order valence-electron chi connectivity index (χ2n) is 5.48. The lowest BCUT2D eigenvalue weighted by Gasteiger charge is -2.29. The Morgan fingerprint density at radius 3 is 2.79 bits per heavy atom. The molecule has 1 amide bonds. The summed E-state index contributed by atoms with van der Waals surface area (Å²) in [5.41, 5.74) is 1.92. The number of halogens is 1. The van der Waals surface area contributed by atoms with Gasteiger partial charge in [-0.15, -0.1) is 0 Å². The number of carbonyl (C=O) groups excluding carboxylic acids is 1. The molecule has 6 heteroatoms. The first-order valence-corrected chi connectivity index (χ1v) is 8.25. The van der Waals surface area contributed by atoms with Gasteiger partial charge in [0, 0.05) is 49.2 Å². The number of carbonyl (C=O) groups is 1. The largest absolute Gasteiger partial charge is 0.369 e. The lowest BCUT2D eigenvalue weighted by Crippen LogP contribution is -2.43. The molecular formula is C18H19ClN4O. The summed E-state index contributed by atoms with van der Waals surface area (Å²) in [6.07, 6.45) is 4.80. The topological polar surface area (TPSA) is 57.3 Å². The van der Waals surface area contributed by atoms with Gasteiger partial charge in [-0.2, -0.15) is 0 Å². The summed E-state index contributed by atoms with van der Waals surface area (Å²) < 4.78 is 0. The molecular weight excluding hydrogens is 324 g/mol. The summed E-state index contributed by atoms with van der Waals surface area (Å²) >= 11 is 6.35. The number of anilines is 2. The third-order valence-corrected chi connectivity index (χ3v) is 4.12. The predicted molar refractivity (Wildman–Crippen MR) is 98.4 cm³/mol. The average Bonchev–Trinajstić information content (AvgIpc) is 2.62. The van der Waals surface area contributed by atoms with Gasteiger partial charge in [-0.25, -0.2) is 4.98 Å². The van der Waals surface area contributed by atoms with Crippen LogP contribution < -0.4 is 15.5 Å². The predicted octanol–water partition coefficient (Wildman–Crippen LogP) is 2.80. The van der Waals surface area contributed by atoms with Crippen molar-refractivity contribution in [1.29, 1.82) is 0 Å². The molecule has 2 heterocycles. The molecule has 0 atom stereocenters. The Balaban J connectivity index is 1.65. The fraction of sp³-hybridized carbons (Fsp3) is 0.222. The molecule has 1 saturated heterocycles. The van der Waals surface area contributed by atoms with E-state index < -0.39 is 0 Å². The van der Waals surface area contributed by atoms with Crippen LogP contribution in [0, 0.1) is 0 Å². The number of hydrogen-bond donors (Lipinski definition) is 2. The number of hydrogen-bond acceptors (Lipinski definition) is 4. The highest BCUT2D eigenvalue weighted by Crippen LogP contribution is 2.25. The van der Waals surface area contributed by atoms with E-state index in [-0.39, 0.29) is 5.91 Å². The van der Waals surface area contributed by atoms with Gasteiger partial charge in [-0.05, 0) is 35.9 Å². The minimum atomic E-state index is -0.240. The molecule has 0 bridgehead atoms. The molecule has 3 rings (SSSR count). The fourth-order valence-electron chi connectivity index (χ4n) is 2.54. The van der Waals surface area contributed by atoms with Gasteiger partial charge in [0.2, 0.25) is 5.91 Å². The normalized spacial score (nSPS) is 14.8. The smallest absolute Gasteiger partial charge is 0.249 e. The summed E-state index contributed by atoms with van der Waals surface area (Å²) in [6.45, 7) is 3.90. The quantitative estimate of drug-likeness (QED) is 0.839. The molecule has 0 aliphatic carbocycles. The van der Waals surface area contributed by atoms with Crippen LogP contribution in [0.1, 0.15) is 5.56 Å². The number of nitrogens with one attached hydrogen (secondary N) is 2. The molecule has 1 fully saturated rings. The molecule has 0 radical (unpaired) electrons. The molecule has 1 aromatic heterocycles. The Labute approximate surface area is 146 Å². The van der Waals surface area contributed by atoms with Gasteiger partial charge >= 0.3 is 0 Å². The number of piperazine rings is 1. The van der Waals surface area contributed by atoms with Crippen LogP contribution in [0.25, 0.3) is 6.08 Å². The monoisotopic (exact) mass is 342 g/mol. The van der Waals surface area contributed by atoms with Crippen LogP contribution in [0.4, 0.5) is 11.5 Å². The van der Waals surface area contributed by atoms with E-state index in [0.29, 0.717) is 10.8 Å². The highest BCUT2D eigenvalue weighted by atomic mass is 35.5. The number of pyridine rings is 1. The van der Waals surface area contributed by atoms with Gasteiger partial charge in [0.15, 0.2) is 0 Å². The van der Waals surface area contributed by atoms with Gasteiger partial charge in [0.25, 0.3) is 0 Å². The van der Waals surface area contributed by atoms with Crippen LogP contribution in [-0.4, -0.2) is 37.1 Å². The molecule has 24 heavy (non-hydrogen) atoms. The van der Waals surface area contributed by atoms with Gasteiger partial charge < -0.3 is 15.5 Å². The van der Waals surface area contributed by atoms with Crippen molar-refractivity contribution in [3.8, 4) is 0 Å². The maximum absolute atomic E-state index is 11.9. The maximum atomic E-state index is 11.9. The van der Waals surface area contributed by atoms with Crippen molar-refractivity contribution < 1.29 is 4.79 Å². The molecule has 2 aromatic rings. The SMILES string of the molecule is O=C(/C=C/c1ccc(N2CCNCC2)cc1Cl)Nc1ccccn1. The standard InChI is InChI=1S/C18H19ClN4O/c19-16-13-15(23-11-9-20-10-12-23)6-4-14(16)5-7-18(24)22-17-3-1-2-8-21-17/h1-8,13,20H,9-12H2,(H,21,22,24)/b7-5+. The second kappa shape index (κ2) is 7.95. The zero-order valence-electron chi connectivity index (χ0n) is 13.2. The summed E-state index contributed by atoms with van der Waals surface area (Å²) in [5.74, 6) is 0.281. The van der Waals surface area contributed by atoms with Crippen molar-refractivity contribution in [2.75, 3.05) is 36.4 Å². The van der Waals surface area contributed by atoms with Crippen molar-refractivity contribution in [2.45, 2.75) is 0 Å². The Morgan fingerprint density at radius 2 is 2.08 bits per heavy atom. The number of rotatable bonds is 4. The first kappa shape index (κ1) is 16.5. The Morgan fingerprint density at radius 1 is 1.25 bits per heavy atom. The van der Waals surface area contributed by atoms with Gasteiger partial charge in [0.1, 0.15) is 5.82 Å². The van der Waals surface area contributed by atoms with Gasteiger partial charge in [0.05, 0.1) is 0 Å². The number of nitrogens with zero attached hydrogens (tertiary/aromatic N) is 2. The Hall–Kier alpha value is -2.37. The van der Waals surface area contributed by atoms with Crippen LogP contribution in [0.5, 0.6) is 0 Å². The van der Waals surface area contributed by atoms with Crippen LogP contribution in [0.3, 0.4) is 0 Å². The van der Waals surface area contributed by atoms with Crippen molar-refractivity contribution >= 4 is 35.1 Å². The van der Waals surface area contributed by atoms with Crippen LogP contribution in [-0.2, 0) is 4.79 Å². The highest BCUT2D eigenvalue weighted by molar-refractivity contribution is 6.32. The zero-order valence-corrected chi connectivity index (χ0v) is 14.0. The Kier molecular flexibility index (Phi) is 5.46. The molecule has 0 unspecified atom stereocenters. The first-order chi connectivity index (χ1) is 11.7. The van der Waals surface area contributed by atoms with Crippen molar-refractivity contribution in [3.63, 3.8) is 0 Å². The Bertz CT molecular complexity index is 727. The maximum Gasteiger partial charge on any atom is 0.249 e. The van der Waals surface area contributed by atoms with Crippen molar-refractivity contribution in [1.82, 2.24) is 10.3 Å². The minimum Gasteiger partial charge on any atom is -0.369 e. The number of amides is 1. The lowest BCUT2D eigenvalue weighted by atomic mass is 10.1. The summed E-state index contributed by atoms with van der Waals surface area (Å²) in [7, 11) is 0. The summed E-state index contributed by atoms with van der Waals surface area (Å²) in [4.78, 5) is 18.3. The zero-order chi connectivity index (χ0) is 16.8. The van der Waals surface area contributed by atoms with E-state index in [1.54, 1.807) is 24.4 Å². The molecule has 124 valence electrons. The third kappa shape index (κ3) is 4.34. The molecule has 2 N–H and O–H groups in total. The van der Waals surface area contributed by atoms with Gasteiger partial charge in [-0.3, -0.25) is 4.79 Å². The number of benzene rings is 1. The van der Waals surface area contributed by atoms with E-state index in [1.807, 2.05) is 24.3 Å². The molecule has 1 aromatic carbocycles.